The molecular weight excluding hydrogens is 330 g/mol. The molecule has 1 unspecified atom stereocenters. The van der Waals surface area contributed by atoms with Gasteiger partial charge in [0.2, 0.25) is 0 Å². The minimum atomic E-state index is -0.856. The Morgan fingerprint density at radius 3 is 2.54 bits per heavy atom. The van der Waals surface area contributed by atoms with Gasteiger partial charge < -0.3 is 14.6 Å². The maximum atomic E-state index is 11.4. The summed E-state index contributed by atoms with van der Waals surface area (Å²) < 4.78 is 11.5. The summed E-state index contributed by atoms with van der Waals surface area (Å²) in [5.41, 5.74) is 3.11. The van der Waals surface area contributed by atoms with Gasteiger partial charge in [-0.15, -0.1) is 0 Å². The highest BCUT2D eigenvalue weighted by molar-refractivity contribution is 5.73. The fourth-order valence-electron chi connectivity index (χ4n) is 2.81. The Hall–Kier alpha value is -2.53. The first kappa shape index (κ1) is 19.8. The van der Waals surface area contributed by atoms with Gasteiger partial charge in [0, 0.05) is 12.1 Å². The van der Waals surface area contributed by atoms with Crippen molar-refractivity contribution in [1.82, 2.24) is 5.32 Å². The molecule has 26 heavy (non-hydrogen) atoms. The van der Waals surface area contributed by atoms with Crippen molar-refractivity contribution >= 4 is 5.97 Å². The number of nitrogens with one attached hydrogen (secondary N) is 1. The van der Waals surface area contributed by atoms with Gasteiger partial charge in [0.15, 0.2) is 11.5 Å². The maximum absolute atomic E-state index is 11.4. The highest BCUT2D eigenvalue weighted by Crippen LogP contribution is 2.32. The standard InChI is InChI=1S/C21H27NO4/c1-14(2)19(21(23)24)22-12-17-9-6-10-18(25-4)20(17)26-13-16-8-5-7-15(3)11-16/h5-11,14,19,22H,12-13H2,1-4H3,(H,23,24). The number of methoxy groups -OCH3 is 1. The first-order valence-electron chi connectivity index (χ1n) is 8.72. The molecule has 2 rings (SSSR count). The highest BCUT2D eigenvalue weighted by atomic mass is 16.5. The van der Waals surface area contributed by atoms with Crippen LogP contribution in [-0.4, -0.2) is 24.2 Å². The van der Waals surface area contributed by atoms with Gasteiger partial charge in [0.05, 0.1) is 7.11 Å². The highest BCUT2D eigenvalue weighted by Gasteiger charge is 2.21. The third-order valence-corrected chi connectivity index (χ3v) is 4.19. The monoisotopic (exact) mass is 357 g/mol. The number of aryl methyl sites for hydroxylation is 1. The molecule has 5 heteroatoms. The fourth-order valence-corrected chi connectivity index (χ4v) is 2.81. The van der Waals surface area contributed by atoms with E-state index in [4.69, 9.17) is 9.47 Å². The molecule has 0 heterocycles. The second kappa shape index (κ2) is 9.25. The second-order valence-corrected chi connectivity index (χ2v) is 6.67. The third kappa shape index (κ3) is 5.23. The number of aliphatic carboxylic acids is 1. The van der Waals surface area contributed by atoms with Crippen molar-refractivity contribution in [3.05, 3.63) is 59.2 Å². The number of carboxylic acids is 1. The van der Waals surface area contributed by atoms with Crippen LogP contribution in [0, 0.1) is 12.8 Å². The molecule has 1 atom stereocenters. The summed E-state index contributed by atoms with van der Waals surface area (Å²) in [4.78, 5) is 11.4. The van der Waals surface area contributed by atoms with Crippen LogP contribution in [0.25, 0.3) is 0 Å². The lowest BCUT2D eigenvalue weighted by Gasteiger charge is -2.20. The van der Waals surface area contributed by atoms with E-state index in [1.807, 2.05) is 57.2 Å². The Morgan fingerprint density at radius 2 is 1.92 bits per heavy atom. The summed E-state index contributed by atoms with van der Waals surface area (Å²) in [6.07, 6.45) is 0. The number of hydrogen-bond acceptors (Lipinski definition) is 4. The van der Waals surface area contributed by atoms with E-state index >= 15 is 0 Å². The van der Waals surface area contributed by atoms with Crippen molar-refractivity contribution in [3.63, 3.8) is 0 Å². The number of benzene rings is 2. The Labute approximate surface area is 155 Å². The van der Waals surface area contributed by atoms with Gasteiger partial charge in [0.1, 0.15) is 12.6 Å². The average Bonchev–Trinajstić information content (AvgIpc) is 2.59. The van der Waals surface area contributed by atoms with Crippen molar-refractivity contribution in [3.8, 4) is 11.5 Å². The Balaban J connectivity index is 2.17. The summed E-state index contributed by atoms with van der Waals surface area (Å²) in [7, 11) is 1.60. The van der Waals surface area contributed by atoms with E-state index < -0.39 is 12.0 Å². The zero-order chi connectivity index (χ0) is 19.1. The molecule has 0 saturated carbocycles. The van der Waals surface area contributed by atoms with Crippen LogP contribution >= 0.6 is 0 Å². The van der Waals surface area contributed by atoms with Crippen molar-refractivity contribution in [2.24, 2.45) is 5.92 Å². The number of ether oxygens (including phenoxy) is 2. The number of para-hydroxylation sites is 1. The number of carboxylic acid groups (broad SMARTS) is 1. The van der Waals surface area contributed by atoms with Gasteiger partial charge in [-0.1, -0.05) is 55.8 Å². The SMILES string of the molecule is COc1cccc(CNC(C(=O)O)C(C)C)c1OCc1cccc(C)c1. The van der Waals surface area contributed by atoms with Crippen LogP contribution in [0.5, 0.6) is 11.5 Å². The molecule has 140 valence electrons. The van der Waals surface area contributed by atoms with Gasteiger partial charge in [0.25, 0.3) is 0 Å². The van der Waals surface area contributed by atoms with E-state index in [9.17, 15) is 9.90 Å². The molecule has 0 amide bonds. The van der Waals surface area contributed by atoms with Crippen LogP contribution < -0.4 is 14.8 Å². The average molecular weight is 357 g/mol. The van der Waals surface area contributed by atoms with Crippen LogP contribution in [0.2, 0.25) is 0 Å². The topological polar surface area (TPSA) is 67.8 Å². The minimum Gasteiger partial charge on any atom is -0.493 e. The van der Waals surface area contributed by atoms with Crippen molar-refractivity contribution in [2.75, 3.05) is 7.11 Å². The number of hydrogen-bond donors (Lipinski definition) is 2. The van der Waals surface area contributed by atoms with Crippen molar-refractivity contribution in [2.45, 2.75) is 40.0 Å². The van der Waals surface area contributed by atoms with Crippen LogP contribution in [0.3, 0.4) is 0 Å². The lowest BCUT2D eigenvalue weighted by Crippen LogP contribution is -2.40. The Kier molecular flexibility index (Phi) is 7.04. The Bertz CT molecular complexity index is 743. The molecular formula is C21H27NO4. The molecule has 0 fully saturated rings. The van der Waals surface area contributed by atoms with E-state index in [0.717, 1.165) is 11.1 Å². The predicted molar refractivity (Wildman–Crippen MR) is 102 cm³/mol. The smallest absolute Gasteiger partial charge is 0.320 e. The lowest BCUT2D eigenvalue weighted by molar-refractivity contribution is -0.140. The van der Waals surface area contributed by atoms with E-state index in [2.05, 4.69) is 11.4 Å². The maximum Gasteiger partial charge on any atom is 0.320 e. The van der Waals surface area contributed by atoms with E-state index in [1.54, 1.807) is 7.11 Å². The van der Waals surface area contributed by atoms with Crippen molar-refractivity contribution < 1.29 is 19.4 Å². The molecule has 0 saturated heterocycles. The first-order chi connectivity index (χ1) is 12.4. The molecule has 0 spiro atoms. The van der Waals surface area contributed by atoms with E-state index in [0.29, 0.717) is 24.7 Å². The van der Waals surface area contributed by atoms with Crippen LogP contribution in [0.1, 0.15) is 30.5 Å². The fraction of sp³-hybridized carbons (Fsp3) is 0.381. The van der Waals surface area contributed by atoms with E-state index in [-0.39, 0.29) is 5.92 Å². The summed E-state index contributed by atoms with van der Waals surface area (Å²) in [5.74, 6) is 0.394. The predicted octanol–water partition coefficient (Wildman–Crippen LogP) is 3.78. The van der Waals surface area contributed by atoms with Crippen molar-refractivity contribution in [1.29, 1.82) is 0 Å². The minimum absolute atomic E-state index is 0.0187. The molecule has 2 aromatic carbocycles. The molecule has 0 aliphatic heterocycles. The quantitative estimate of drug-likeness (QED) is 0.715. The second-order valence-electron chi connectivity index (χ2n) is 6.67. The molecule has 0 aliphatic carbocycles. The van der Waals surface area contributed by atoms with Crippen LogP contribution in [-0.2, 0) is 17.9 Å². The van der Waals surface area contributed by atoms with Gasteiger partial charge in [-0.25, -0.2) is 0 Å². The number of rotatable bonds is 9. The summed E-state index contributed by atoms with van der Waals surface area (Å²) in [6.45, 7) is 6.61. The van der Waals surface area contributed by atoms with Gasteiger partial charge in [-0.05, 0) is 24.5 Å². The van der Waals surface area contributed by atoms with Gasteiger partial charge >= 0.3 is 5.97 Å². The van der Waals surface area contributed by atoms with E-state index in [1.165, 1.54) is 5.56 Å². The van der Waals surface area contributed by atoms with Crippen LogP contribution in [0.15, 0.2) is 42.5 Å². The summed E-state index contributed by atoms with van der Waals surface area (Å²) in [6, 6.07) is 13.1. The zero-order valence-electron chi connectivity index (χ0n) is 15.8. The summed E-state index contributed by atoms with van der Waals surface area (Å²) >= 11 is 0. The Morgan fingerprint density at radius 1 is 1.19 bits per heavy atom. The van der Waals surface area contributed by atoms with Gasteiger partial charge in [-0.2, -0.15) is 0 Å². The zero-order valence-corrected chi connectivity index (χ0v) is 15.8. The molecule has 2 aromatic rings. The lowest BCUT2D eigenvalue weighted by atomic mass is 10.0. The normalized spacial score (nSPS) is 12.0. The number of carbonyl (C=O) groups is 1. The molecule has 5 nitrogen and oxygen atoms in total. The first-order valence-corrected chi connectivity index (χ1v) is 8.72. The third-order valence-electron chi connectivity index (χ3n) is 4.19. The van der Waals surface area contributed by atoms with Gasteiger partial charge in [-0.3, -0.25) is 10.1 Å². The molecule has 0 radical (unpaired) electrons. The molecule has 2 N–H and O–H groups in total. The summed E-state index contributed by atoms with van der Waals surface area (Å²) in [5, 5.41) is 12.5. The molecule has 0 aromatic heterocycles. The molecule has 0 bridgehead atoms. The largest absolute Gasteiger partial charge is 0.493 e. The van der Waals surface area contributed by atoms with Crippen LogP contribution in [0.4, 0.5) is 0 Å². The molecule has 0 aliphatic rings.